The maximum Gasteiger partial charge on any atom is 0.324 e. The SMILES string of the molecule is N#Cc1cccc(NC(=O)Nc2cccc3cncn23)c1. The summed E-state index contributed by atoms with van der Waals surface area (Å²) in [6.45, 7) is 0. The topological polar surface area (TPSA) is 82.2 Å². The number of fused-ring (bicyclic) bond motifs is 1. The minimum absolute atomic E-state index is 0.383. The largest absolute Gasteiger partial charge is 0.324 e. The van der Waals surface area contributed by atoms with Crippen LogP contribution in [-0.2, 0) is 0 Å². The molecule has 2 aromatic heterocycles. The fourth-order valence-corrected chi connectivity index (χ4v) is 2.00. The lowest BCUT2D eigenvalue weighted by Crippen LogP contribution is -2.20. The number of aromatic nitrogens is 2. The van der Waals surface area contributed by atoms with Crippen molar-refractivity contribution >= 4 is 23.1 Å². The highest BCUT2D eigenvalue weighted by molar-refractivity contribution is 5.99. The number of hydrogen-bond acceptors (Lipinski definition) is 3. The highest BCUT2D eigenvalue weighted by Crippen LogP contribution is 2.13. The number of carbonyl (C=O) groups is 1. The number of nitriles is 1. The number of anilines is 2. The quantitative estimate of drug-likeness (QED) is 0.755. The maximum atomic E-state index is 12.0. The summed E-state index contributed by atoms with van der Waals surface area (Å²) < 4.78 is 1.77. The van der Waals surface area contributed by atoms with Gasteiger partial charge in [-0.05, 0) is 30.3 Å². The summed E-state index contributed by atoms with van der Waals surface area (Å²) in [5, 5.41) is 14.3. The zero-order valence-corrected chi connectivity index (χ0v) is 10.9. The van der Waals surface area contributed by atoms with Crippen molar-refractivity contribution in [3.05, 3.63) is 60.6 Å². The van der Waals surface area contributed by atoms with Crippen molar-refractivity contribution in [3.8, 4) is 6.07 Å². The zero-order chi connectivity index (χ0) is 14.7. The van der Waals surface area contributed by atoms with Gasteiger partial charge in [0.1, 0.15) is 12.1 Å². The summed E-state index contributed by atoms with van der Waals surface area (Å²) >= 11 is 0. The Morgan fingerprint density at radius 1 is 1.19 bits per heavy atom. The second kappa shape index (κ2) is 5.35. The number of amides is 2. The Hall–Kier alpha value is -3.33. The molecule has 0 radical (unpaired) electrons. The van der Waals surface area contributed by atoms with Crippen LogP contribution in [0.4, 0.5) is 16.3 Å². The highest BCUT2D eigenvalue weighted by Gasteiger charge is 2.06. The molecule has 21 heavy (non-hydrogen) atoms. The average molecular weight is 277 g/mol. The zero-order valence-electron chi connectivity index (χ0n) is 10.9. The Kier molecular flexibility index (Phi) is 3.23. The molecule has 0 aliphatic carbocycles. The van der Waals surface area contributed by atoms with Crippen molar-refractivity contribution in [2.24, 2.45) is 0 Å². The van der Waals surface area contributed by atoms with Crippen molar-refractivity contribution in [3.63, 3.8) is 0 Å². The van der Waals surface area contributed by atoms with Crippen LogP contribution in [0.25, 0.3) is 5.52 Å². The first-order valence-electron chi connectivity index (χ1n) is 6.25. The summed E-state index contributed by atoms with van der Waals surface area (Å²) in [5.41, 5.74) is 1.94. The van der Waals surface area contributed by atoms with E-state index < -0.39 is 0 Å². The molecule has 6 heteroatoms. The number of hydrogen-bond donors (Lipinski definition) is 2. The van der Waals surface area contributed by atoms with E-state index in [1.54, 1.807) is 47.3 Å². The molecule has 1 aromatic carbocycles. The minimum Gasteiger partial charge on any atom is -0.308 e. The smallest absolute Gasteiger partial charge is 0.308 e. The molecular formula is C15H11N5O. The van der Waals surface area contributed by atoms with Crippen molar-refractivity contribution in [1.82, 2.24) is 9.38 Å². The van der Waals surface area contributed by atoms with Gasteiger partial charge in [0.15, 0.2) is 0 Å². The molecule has 0 aliphatic rings. The first-order chi connectivity index (χ1) is 10.3. The van der Waals surface area contributed by atoms with Gasteiger partial charge in [0.25, 0.3) is 0 Å². The summed E-state index contributed by atoms with van der Waals surface area (Å²) in [7, 11) is 0. The van der Waals surface area contributed by atoms with Crippen LogP contribution in [0.1, 0.15) is 5.56 Å². The number of benzene rings is 1. The van der Waals surface area contributed by atoms with Crippen LogP contribution >= 0.6 is 0 Å². The predicted molar refractivity (Wildman–Crippen MR) is 79.0 cm³/mol. The monoisotopic (exact) mass is 277 g/mol. The van der Waals surface area contributed by atoms with Gasteiger partial charge >= 0.3 is 6.03 Å². The second-order valence-electron chi connectivity index (χ2n) is 4.37. The number of nitrogens with zero attached hydrogens (tertiary/aromatic N) is 3. The molecule has 0 saturated heterocycles. The molecule has 102 valence electrons. The summed E-state index contributed by atoms with van der Waals surface area (Å²) in [6.07, 6.45) is 3.33. The Bertz CT molecular complexity index is 846. The number of imidazole rings is 1. The van der Waals surface area contributed by atoms with Crippen molar-refractivity contribution < 1.29 is 4.79 Å². The minimum atomic E-state index is -0.383. The van der Waals surface area contributed by atoms with Crippen molar-refractivity contribution in [2.75, 3.05) is 10.6 Å². The van der Waals surface area contributed by atoms with Crippen molar-refractivity contribution in [2.45, 2.75) is 0 Å². The molecule has 0 saturated carbocycles. The van der Waals surface area contributed by atoms with E-state index >= 15 is 0 Å². The van der Waals surface area contributed by atoms with E-state index in [0.29, 0.717) is 17.1 Å². The normalized spacial score (nSPS) is 10.0. The lowest BCUT2D eigenvalue weighted by molar-refractivity contribution is 0.262. The fraction of sp³-hybridized carbons (Fsp3) is 0. The molecule has 2 amide bonds. The van der Waals surface area contributed by atoms with Crippen LogP contribution in [0.3, 0.4) is 0 Å². The van der Waals surface area contributed by atoms with Gasteiger partial charge in [-0.3, -0.25) is 9.72 Å². The van der Waals surface area contributed by atoms with Gasteiger partial charge in [-0.25, -0.2) is 9.78 Å². The van der Waals surface area contributed by atoms with E-state index in [4.69, 9.17) is 5.26 Å². The lowest BCUT2D eigenvalue weighted by Gasteiger charge is -2.09. The Balaban J connectivity index is 1.77. The van der Waals surface area contributed by atoms with Gasteiger partial charge in [0.05, 0.1) is 23.3 Å². The van der Waals surface area contributed by atoms with Gasteiger partial charge in [-0.2, -0.15) is 5.26 Å². The van der Waals surface area contributed by atoms with Gasteiger partial charge in [-0.15, -0.1) is 0 Å². The summed E-state index contributed by atoms with van der Waals surface area (Å²) in [5.74, 6) is 0.610. The molecule has 0 aliphatic heterocycles. The Labute approximate surface area is 120 Å². The molecule has 2 heterocycles. The van der Waals surface area contributed by atoms with E-state index in [1.807, 2.05) is 18.2 Å². The Morgan fingerprint density at radius 3 is 2.90 bits per heavy atom. The van der Waals surface area contributed by atoms with E-state index in [1.165, 1.54) is 0 Å². The van der Waals surface area contributed by atoms with Gasteiger partial charge < -0.3 is 5.32 Å². The predicted octanol–water partition coefficient (Wildman–Crippen LogP) is 2.85. The first-order valence-corrected chi connectivity index (χ1v) is 6.25. The van der Waals surface area contributed by atoms with Crippen LogP contribution in [0.2, 0.25) is 0 Å². The van der Waals surface area contributed by atoms with E-state index in [-0.39, 0.29) is 6.03 Å². The summed E-state index contributed by atoms with van der Waals surface area (Å²) in [4.78, 5) is 16.0. The maximum absolute atomic E-state index is 12.0. The molecule has 2 N–H and O–H groups in total. The van der Waals surface area contributed by atoms with Gasteiger partial charge in [-0.1, -0.05) is 12.1 Å². The molecule has 0 bridgehead atoms. The third-order valence-corrected chi connectivity index (χ3v) is 2.94. The molecule has 0 atom stereocenters. The second-order valence-corrected chi connectivity index (χ2v) is 4.37. The fourth-order valence-electron chi connectivity index (χ4n) is 2.00. The molecular weight excluding hydrogens is 266 g/mol. The highest BCUT2D eigenvalue weighted by atomic mass is 16.2. The summed E-state index contributed by atoms with van der Waals surface area (Å²) in [6, 6.07) is 13.9. The standard InChI is InChI=1S/C15H11N5O/c16-8-11-3-1-4-12(7-11)18-15(21)19-14-6-2-5-13-9-17-10-20(13)14/h1-7,9-10H,(H2,18,19,21). The van der Waals surface area contributed by atoms with Crippen LogP contribution in [0, 0.1) is 11.3 Å². The van der Waals surface area contributed by atoms with Gasteiger partial charge in [0, 0.05) is 5.69 Å². The number of pyridine rings is 1. The molecule has 0 unspecified atom stereocenters. The molecule has 3 aromatic rings. The Morgan fingerprint density at radius 2 is 2.05 bits per heavy atom. The molecule has 0 fully saturated rings. The van der Waals surface area contributed by atoms with E-state index in [9.17, 15) is 4.79 Å². The lowest BCUT2D eigenvalue weighted by atomic mass is 10.2. The first kappa shape index (κ1) is 12.7. The molecule has 0 spiro atoms. The van der Waals surface area contributed by atoms with E-state index in [0.717, 1.165) is 5.52 Å². The van der Waals surface area contributed by atoms with E-state index in [2.05, 4.69) is 15.6 Å². The number of nitrogens with one attached hydrogen (secondary N) is 2. The third kappa shape index (κ3) is 2.67. The van der Waals surface area contributed by atoms with Crippen LogP contribution in [0.5, 0.6) is 0 Å². The molecule has 3 rings (SSSR count). The number of urea groups is 1. The van der Waals surface area contributed by atoms with Crippen LogP contribution in [0.15, 0.2) is 55.0 Å². The number of rotatable bonds is 2. The number of carbonyl (C=O) groups excluding carboxylic acids is 1. The van der Waals surface area contributed by atoms with Crippen molar-refractivity contribution in [1.29, 1.82) is 5.26 Å². The van der Waals surface area contributed by atoms with Crippen LogP contribution in [-0.4, -0.2) is 15.4 Å². The average Bonchev–Trinajstić information content (AvgIpc) is 2.97. The van der Waals surface area contributed by atoms with Gasteiger partial charge in [0.2, 0.25) is 0 Å². The van der Waals surface area contributed by atoms with Crippen LogP contribution < -0.4 is 10.6 Å². The third-order valence-electron chi connectivity index (χ3n) is 2.94. The molecule has 6 nitrogen and oxygen atoms in total.